The molecule has 1 rings (SSSR count). The molecule has 1 aliphatic carbocycles. The van der Waals surface area contributed by atoms with Gasteiger partial charge in [-0.15, -0.1) is 0 Å². The molecule has 14 heavy (non-hydrogen) atoms. The first-order valence-electron chi connectivity index (χ1n) is 5.08. The van der Waals surface area contributed by atoms with Gasteiger partial charge in [0.05, 0.1) is 5.41 Å². The number of carboxylic acid groups (broad SMARTS) is 1. The minimum atomic E-state index is -0.680. The van der Waals surface area contributed by atoms with Crippen LogP contribution in [0.4, 0.5) is 0 Å². The number of methoxy groups -OCH3 is 1. The molecule has 1 fully saturated rings. The van der Waals surface area contributed by atoms with Crippen LogP contribution in [-0.4, -0.2) is 24.8 Å². The summed E-state index contributed by atoms with van der Waals surface area (Å²) in [6.07, 6.45) is 1.70. The molecule has 0 aromatic carbocycles. The van der Waals surface area contributed by atoms with Crippen LogP contribution in [0.1, 0.15) is 33.6 Å². The molecule has 0 spiro atoms. The van der Waals surface area contributed by atoms with Gasteiger partial charge in [-0.1, -0.05) is 13.8 Å². The summed E-state index contributed by atoms with van der Waals surface area (Å²) in [6.45, 7) is 6.59. The quantitative estimate of drug-likeness (QED) is 0.759. The normalized spacial score (nSPS) is 35.9. The van der Waals surface area contributed by atoms with Crippen LogP contribution in [0.2, 0.25) is 0 Å². The van der Waals surface area contributed by atoms with Crippen LogP contribution in [0.5, 0.6) is 0 Å². The monoisotopic (exact) mass is 200 g/mol. The minimum Gasteiger partial charge on any atom is -0.481 e. The number of carboxylic acids is 1. The Kier molecular flexibility index (Phi) is 2.91. The van der Waals surface area contributed by atoms with Gasteiger partial charge in [-0.25, -0.2) is 0 Å². The first-order chi connectivity index (χ1) is 6.36. The lowest BCUT2D eigenvalue weighted by Gasteiger charge is -2.38. The molecule has 0 saturated heterocycles. The molecule has 0 heterocycles. The zero-order valence-corrected chi connectivity index (χ0v) is 9.46. The fraction of sp³-hybridized carbons (Fsp3) is 0.909. The Morgan fingerprint density at radius 3 is 2.43 bits per heavy atom. The maximum absolute atomic E-state index is 11.2. The van der Waals surface area contributed by atoms with Crippen LogP contribution < -0.4 is 0 Å². The number of carbonyl (C=O) groups is 1. The van der Waals surface area contributed by atoms with Gasteiger partial charge in [-0.2, -0.15) is 0 Å². The summed E-state index contributed by atoms with van der Waals surface area (Å²) in [5.74, 6) is -0.324. The van der Waals surface area contributed by atoms with Gasteiger partial charge >= 0.3 is 5.97 Å². The van der Waals surface area contributed by atoms with E-state index in [1.807, 2.05) is 20.8 Å². The lowest BCUT2D eigenvalue weighted by atomic mass is 9.66. The zero-order chi connectivity index (χ0) is 11.0. The fourth-order valence-electron chi connectivity index (χ4n) is 2.47. The van der Waals surface area contributed by atoms with Gasteiger partial charge in [-0.05, 0) is 31.1 Å². The van der Waals surface area contributed by atoms with E-state index in [4.69, 9.17) is 4.74 Å². The van der Waals surface area contributed by atoms with E-state index >= 15 is 0 Å². The predicted octanol–water partition coefficient (Wildman–Crippen LogP) is 2.16. The Morgan fingerprint density at radius 1 is 1.50 bits per heavy atom. The third-order valence-electron chi connectivity index (χ3n) is 4.28. The highest BCUT2D eigenvalue weighted by molar-refractivity contribution is 5.75. The summed E-state index contributed by atoms with van der Waals surface area (Å²) >= 11 is 0. The van der Waals surface area contributed by atoms with Crippen LogP contribution in [0.15, 0.2) is 0 Å². The van der Waals surface area contributed by atoms with Crippen molar-refractivity contribution in [1.29, 1.82) is 0 Å². The van der Waals surface area contributed by atoms with Crippen LogP contribution >= 0.6 is 0 Å². The van der Waals surface area contributed by atoms with Crippen molar-refractivity contribution >= 4 is 5.97 Å². The Morgan fingerprint density at radius 2 is 2.07 bits per heavy atom. The minimum absolute atomic E-state index is 0.186. The average Bonchev–Trinajstić information content (AvgIpc) is 2.30. The summed E-state index contributed by atoms with van der Waals surface area (Å²) < 4.78 is 5.14. The molecule has 1 aliphatic rings. The number of ether oxygens (including phenoxy) is 1. The first kappa shape index (κ1) is 11.5. The van der Waals surface area contributed by atoms with Crippen LogP contribution in [0, 0.1) is 16.7 Å². The van der Waals surface area contributed by atoms with Gasteiger partial charge in [-0.3, -0.25) is 4.79 Å². The van der Waals surface area contributed by atoms with E-state index in [1.165, 1.54) is 0 Å². The molecule has 3 nitrogen and oxygen atoms in total. The lowest BCUT2D eigenvalue weighted by molar-refractivity contribution is -0.154. The smallest absolute Gasteiger partial charge is 0.309 e. The Balaban J connectivity index is 2.90. The second kappa shape index (κ2) is 3.54. The molecule has 1 N–H and O–H groups in total. The maximum atomic E-state index is 11.2. The Labute approximate surface area is 85.5 Å². The molecule has 0 unspecified atom stereocenters. The van der Waals surface area contributed by atoms with E-state index in [1.54, 1.807) is 7.11 Å². The van der Waals surface area contributed by atoms with E-state index in [2.05, 4.69) is 0 Å². The SMILES string of the molecule is COC[C@@H]1CC[C@@](C)(C(=O)O)C1(C)C. The summed E-state index contributed by atoms with van der Waals surface area (Å²) in [4.78, 5) is 11.2. The van der Waals surface area contributed by atoms with Crippen molar-refractivity contribution in [2.24, 2.45) is 16.7 Å². The van der Waals surface area contributed by atoms with Gasteiger partial charge in [0, 0.05) is 13.7 Å². The Hall–Kier alpha value is -0.570. The highest BCUT2D eigenvalue weighted by Crippen LogP contribution is 2.55. The molecule has 82 valence electrons. The predicted molar refractivity (Wildman–Crippen MR) is 54.1 cm³/mol. The van der Waals surface area contributed by atoms with Crippen molar-refractivity contribution < 1.29 is 14.6 Å². The van der Waals surface area contributed by atoms with Gasteiger partial charge in [0.2, 0.25) is 0 Å². The second-order valence-electron chi connectivity index (χ2n) is 5.05. The van der Waals surface area contributed by atoms with Crippen LogP contribution in [-0.2, 0) is 9.53 Å². The molecular formula is C11H20O3. The van der Waals surface area contributed by atoms with Crippen molar-refractivity contribution in [3.63, 3.8) is 0 Å². The topological polar surface area (TPSA) is 46.5 Å². The van der Waals surface area contributed by atoms with Gasteiger partial charge in [0.1, 0.15) is 0 Å². The van der Waals surface area contributed by atoms with E-state index < -0.39 is 11.4 Å². The summed E-state index contributed by atoms with van der Waals surface area (Å²) in [6, 6.07) is 0. The van der Waals surface area contributed by atoms with E-state index in [9.17, 15) is 9.90 Å². The molecule has 0 bridgehead atoms. The van der Waals surface area contributed by atoms with Crippen molar-refractivity contribution in [2.75, 3.05) is 13.7 Å². The molecule has 0 aromatic heterocycles. The maximum Gasteiger partial charge on any atom is 0.309 e. The number of hydrogen-bond donors (Lipinski definition) is 1. The van der Waals surface area contributed by atoms with Crippen LogP contribution in [0.3, 0.4) is 0 Å². The highest BCUT2D eigenvalue weighted by Gasteiger charge is 2.55. The number of hydrogen-bond acceptors (Lipinski definition) is 2. The zero-order valence-electron chi connectivity index (χ0n) is 9.46. The average molecular weight is 200 g/mol. The molecule has 1 saturated carbocycles. The highest BCUT2D eigenvalue weighted by atomic mass is 16.5. The molecule has 0 aliphatic heterocycles. The van der Waals surface area contributed by atoms with E-state index in [0.717, 1.165) is 12.8 Å². The van der Waals surface area contributed by atoms with Gasteiger partial charge in [0.15, 0.2) is 0 Å². The molecule has 3 heteroatoms. The standard InChI is InChI=1S/C11H20O3/c1-10(2)8(7-14-4)5-6-11(10,3)9(12)13/h8H,5-7H2,1-4H3,(H,12,13)/t8-,11-/m0/s1. The van der Waals surface area contributed by atoms with Crippen LogP contribution in [0.25, 0.3) is 0 Å². The van der Waals surface area contributed by atoms with Crippen molar-refractivity contribution in [2.45, 2.75) is 33.6 Å². The third-order valence-corrected chi connectivity index (χ3v) is 4.28. The number of aliphatic carboxylic acids is 1. The molecule has 0 aromatic rings. The largest absolute Gasteiger partial charge is 0.481 e. The molecular weight excluding hydrogens is 180 g/mol. The van der Waals surface area contributed by atoms with Gasteiger partial charge < -0.3 is 9.84 Å². The summed E-state index contributed by atoms with van der Waals surface area (Å²) in [5.41, 5.74) is -0.787. The van der Waals surface area contributed by atoms with Crippen molar-refractivity contribution in [3.8, 4) is 0 Å². The first-order valence-corrected chi connectivity index (χ1v) is 5.08. The summed E-state index contributed by atoms with van der Waals surface area (Å²) in [7, 11) is 1.67. The lowest BCUT2D eigenvalue weighted by Crippen LogP contribution is -2.41. The fourth-order valence-corrected chi connectivity index (χ4v) is 2.47. The molecule has 0 amide bonds. The van der Waals surface area contributed by atoms with E-state index in [0.29, 0.717) is 12.5 Å². The van der Waals surface area contributed by atoms with Gasteiger partial charge in [0.25, 0.3) is 0 Å². The van der Waals surface area contributed by atoms with Crippen molar-refractivity contribution in [1.82, 2.24) is 0 Å². The van der Waals surface area contributed by atoms with Crippen molar-refractivity contribution in [3.05, 3.63) is 0 Å². The van der Waals surface area contributed by atoms with E-state index in [-0.39, 0.29) is 5.41 Å². The number of rotatable bonds is 3. The summed E-state index contributed by atoms with van der Waals surface area (Å²) in [5, 5.41) is 9.25. The second-order valence-corrected chi connectivity index (χ2v) is 5.05. The molecule has 2 atom stereocenters. The third kappa shape index (κ3) is 1.44. The molecule has 0 radical (unpaired) electrons. The Bertz CT molecular complexity index is 235.